The van der Waals surface area contributed by atoms with E-state index < -0.39 is 0 Å². The molecule has 0 spiro atoms. The van der Waals surface area contributed by atoms with Gasteiger partial charge >= 0.3 is 0 Å². The fourth-order valence-electron chi connectivity index (χ4n) is 2.34. The maximum absolute atomic E-state index is 5.08. The van der Waals surface area contributed by atoms with Crippen LogP contribution in [0.3, 0.4) is 0 Å². The summed E-state index contributed by atoms with van der Waals surface area (Å²) < 4.78 is 5.08. The fraction of sp³-hybridized carbons (Fsp3) is 1.00. The van der Waals surface area contributed by atoms with Gasteiger partial charge in [0.2, 0.25) is 0 Å². The number of nitrogens with zero attached hydrogens (tertiary/aromatic N) is 1. The molecular weight excluding hydrogens is 200 g/mol. The van der Waals surface area contributed by atoms with Crippen LogP contribution in [0, 0.1) is 0 Å². The molecular formula is C13H28N2O. The monoisotopic (exact) mass is 228 g/mol. The maximum Gasteiger partial charge on any atom is 0.0476 e. The Morgan fingerprint density at radius 1 is 1.44 bits per heavy atom. The van der Waals surface area contributed by atoms with Crippen LogP contribution in [-0.2, 0) is 4.74 Å². The van der Waals surface area contributed by atoms with Crippen LogP contribution in [0.1, 0.15) is 39.5 Å². The molecule has 96 valence electrons. The van der Waals surface area contributed by atoms with E-state index in [-0.39, 0.29) is 0 Å². The van der Waals surface area contributed by atoms with Crippen LogP contribution in [0.15, 0.2) is 0 Å². The summed E-state index contributed by atoms with van der Waals surface area (Å²) in [5.41, 5.74) is 0. The minimum absolute atomic E-state index is 0.569. The average Bonchev–Trinajstić information content (AvgIpc) is 2.29. The molecule has 0 aromatic carbocycles. The van der Waals surface area contributed by atoms with Crippen molar-refractivity contribution in [3.63, 3.8) is 0 Å². The lowest BCUT2D eigenvalue weighted by molar-refractivity contribution is 0.156. The normalized spacial score (nSPS) is 24.6. The topological polar surface area (TPSA) is 24.5 Å². The summed E-state index contributed by atoms with van der Waals surface area (Å²) in [4.78, 5) is 2.61. The van der Waals surface area contributed by atoms with Crippen LogP contribution in [-0.4, -0.2) is 50.3 Å². The minimum atomic E-state index is 0.569. The lowest BCUT2D eigenvalue weighted by Crippen LogP contribution is -2.43. The molecule has 0 aromatic rings. The number of ether oxygens (including phenoxy) is 1. The van der Waals surface area contributed by atoms with Crippen molar-refractivity contribution in [2.45, 2.75) is 51.6 Å². The Kier molecular flexibility index (Phi) is 7.01. The highest BCUT2D eigenvalue weighted by atomic mass is 16.5. The van der Waals surface area contributed by atoms with Crippen molar-refractivity contribution >= 4 is 0 Å². The van der Waals surface area contributed by atoms with Crippen LogP contribution in [0.4, 0.5) is 0 Å². The van der Waals surface area contributed by atoms with Crippen molar-refractivity contribution in [2.24, 2.45) is 0 Å². The maximum atomic E-state index is 5.08. The smallest absolute Gasteiger partial charge is 0.0476 e. The van der Waals surface area contributed by atoms with Gasteiger partial charge in [-0.2, -0.15) is 0 Å². The molecule has 3 nitrogen and oxygen atoms in total. The molecule has 1 rings (SSSR count). The molecule has 1 saturated heterocycles. The molecule has 0 radical (unpaired) electrons. The molecule has 0 saturated carbocycles. The van der Waals surface area contributed by atoms with Gasteiger partial charge in [0.05, 0.1) is 0 Å². The van der Waals surface area contributed by atoms with E-state index in [4.69, 9.17) is 4.74 Å². The van der Waals surface area contributed by atoms with Crippen molar-refractivity contribution in [1.82, 2.24) is 10.2 Å². The molecule has 3 heteroatoms. The molecule has 1 N–H and O–H groups in total. The number of piperidine rings is 1. The molecule has 1 heterocycles. The van der Waals surface area contributed by atoms with Crippen molar-refractivity contribution in [1.29, 1.82) is 0 Å². The third-order valence-corrected chi connectivity index (χ3v) is 3.59. The summed E-state index contributed by atoms with van der Waals surface area (Å²) in [6.45, 7) is 9.03. The minimum Gasteiger partial charge on any atom is -0.385 e. The second-order valence-corrected chi connectivity index (χ2v) is 5.02. The Balaban J connectivity index is 2.05. The van der Waals surface area contributed by atoms with E-state index >= 15 is 0 Å². The van der Waals surface area contributed by atoms with E-state index in [0.29, 0.717) is 6.04 Å². The largest absolute Gasteiger partial charge is 0.385 e. The Morgan fingerprint density at radius 2 is 2.25 bits per heavy atom. The highest BCUT2D eigenvalue weighted by Gasteiger charge is 2.17. The Morgan fingerprint density at radius 3 is 2.94 bits per heavy atom. The van der Waals surface area contributed by atoms with Crippen molar-refractivity contribution in [2.75, 3.05) is 33.4 Å². The van der Waals surface area contributed by atoms with Gasteiger partial charge in [-0.3, -0.25) is 4.90 Å². The van der Waals surface area contributed by atoms with Gasteiger partial charge in [-0.05, 0) is 39.7 Å². The first-order valence-electron chi connectivity index (χ1n) is 6.70. The molecule has 0 aromatic heterocycles. The Labute approximate surface area is 101 Å². The second-order valence-electron chi connectivity index (χ2n) is 5.02. The fourth-order valence-corrected chi connectivity index (χ4v) is 2.34. The number of likely N-dealkylation sites (tertiary alicyclic amines) is 1. The van der Waals surface area contributed by atoms with Gasteiger partial charge in [-0.25, -0.2) is 0 Å². The van der Waals surface area contributed by atoms with Gasteiger partial charge in [0, 0.05) is 38.9 Å². The molecule has 0 aliphatic carbocycles. The first-order chi connectivity index (χ1) is 7.74. The van der Waals surface area contributed by atoms with Crippen molar-refractivity contribution in [3.8, 4) is 0 Å². The summed E-state index contributed by atoms with van der Waals surface area (Å²) in [5.74, 6) is 0. The van der Waals surface area contributed by atoms with E-state index in [1.807, 2.05) is 0 Å². The predicted molar refractivity (Wildman–Crippen MR) is 68.8 cm³/mol. The molecule has 0 bridgehead atoms. The quantitative estimate of drug-likeness (QED) is 0.720. The van der Waals surface area contributed by atoms with Gasteiger partial charge in [-0.1, -0.05) is 6.42 Å². The van der Waals surface area contributed by atoms with E-state index in [0.717, 1.165) is 25.6 Å². The summed E-state index contributed by atoms with van der Waals surface area (Å²) in [6.07, 6.45) is 5.27. The van der Waals surface area contributed by atoms with Gasteiger partial charge < -0.3 is 10.1 Å². The number of hydrogen-bond donors (Lipinski definition) is 1. The van der Waals surface area contributed by atoms with Gasteiger partial charge in [-0.15, -0.1) is 0 Å². The van der Waals surface area contributed by atoms with Gasteiger partial charge in [0.15, 0.2) is 0 Å². The third kappa shape index (κ3) is 5.28. The highest BCUT2D eigenvalue weighted by molar-refractivity contribution is 4.74. The molecule has 16 heavy (non-hydrogen) atoms. The van der Waals surface area contributed by atoms with Crippen LogP contribution in [0.5, 0.6) is 0 Å². The van der Waals surface area contributed by atoms with Crippen molar-refractivity contribution in [3.05, 3.63) is 0 Å². The van der Waals surface area contributed by atoms with E-state index in [2.05, 4.69) is 24.1 Å². The molecule has 1 aliphatic rings. The SMILES string of the molecule is COCCC(C)NCCN1CCCCC1C. The van der Waals surface area contributed by atoms with Crippen molar-refractivity contribution < 1.29 is 4.74 Å². The van der Waals surface area contributed by atoms with E-state index in [1.165, 1.54) is 32.4 Å². The zero-order valence-corrected chi connectivity index (χ0v) is 11.2. The third-order valence-electron chi connectivity index (χ3n) is 3.59. The van der Waals surface area contributed by atoms with Crippen LogP contribution in [0.2, 0.25) is 0 Å². The molecule has 0 amide bonds. The first-order valence-corrected chi connectivity index (χ1v) is 6.70. The van der Waals surface area contributed by atoms with Crippen LogP contribution < -0.4 is 5.32 Å². The van der Waals surface area contributed by atoms with E-state index in [9.17, 15) is 0 Å². The highest BCUT2D eigenvalue weighted by Crippen LogP contribution is 2.15. The standard InChI is InChI=1S/C13H28N2O/c1-12(7-11-16-3)14-8-10-15-9-5-4-6-13(15)2/h12-14H,4-11H2,1-3H3. The second kappa shape index (κ2) is 8.04. The van der Waals surface area contributed by atoms with Gasteiger partial charge in [0.25, 0.3) is 0 Å². The average molecular weight is 228 g/mol. The summed E-state index contributed by atoms with van der Waals surface area (Å²) >= 11 is 0. The molecule has 1 fully saturated rings. The van der Waals surface area contributed by atoms with Crippen LogP contribution >= 0.6 is 0 Å². The Bertz CT molecular complexity index is 175. The summed E-state index contributed by atoms with van der Waals surface area (Å²) in [7, 11) is 1.77. The Hall–Kier alpha value is -0.120. The molecule has 2 unspecified atom stereocenters. The summed E-state index contributed by atoms with van der Waals surface area (Å²) in [5, 5.41) is 3.56. The summed E-state index contributed by atoms with van der Waals surface area (Å²) in [6, 6.07) is 1.35. The van der Waals surface area contributed by atoms with Crippen LogP contribution in [0.25, 0.3) is 0 Å². The predicted octanol–water partition coefficient (Wildman–Crippen LogP) is 1.88. The molecule has 2 atom stereocenters. The number of hydrogen-bond acceptors (Lipinski definition) is 3. The van der Waals surface area contributed by atoms with Gasteiger partial charge in [0.1, 0.15) is 0 Å². The zero-order chi connectivity index (χ0) is 11.8. The molecule has 1 aliphatic heterocycles. The lowest BCUT2D eigenvalue weighted by atomic mass is 10.0. The number of rotatable bonds is 7. The zero-order valence-electron chi connectivity index (χ0n) is 11.2. The number of methoxy groups -OCH3 is 1. The first kappa shape index (κ1) is 13.9. The number of nitrogens with one attached hydrogen (secondary N) is 1. The van der Waals surface area contributed by atoms with E-state index in [1.54, 1.807) is 7.11 Å². The lowest BCUT2D eigenvalue weighted by Gasteiger charge is -2.33.